The molecule has 0 aliphatic carbocycles. The van der Waals surface area contributed by atoms with E-state index in [9.17, 15) is 4.79 Å². The standard InChI is InChI=1S/C10H17N3O2S/c1-8(14)2-4-11-10(15)12-5-3-9-6-16-7-13-9/h6-8,14H,2-5H2,1H3,(H2,11,12,15). The van der Waals surface area contributed by atoms with E-state index in [4.69, 9.17) is 5.11 Å². The molecule has 0 spiro atoms. The van der Waals surface area contributed by atoms with Gasteiger partial charge in [0.2, 0.25) is 0 Å². The van der Waals surface area contributed by atoms with Gasteiger partial charge in [0.1, 0.15) is 0 Å². The molecular weight excluding hydrogens is 226 g/mol. The van der Waals surface area contributed by atoms with Gasteiger partial charge in [-0.1, -0.05) is 0 Å². The van der Waals surface area contributed by atoms with Crippen LogP contribution < -0.4 is 10.6 Å². The topological polar surface area (TPSA) is 74.2 Å². The fraction of sp³-hybridized carbons (Fsp3) is 0.600. The summed E-state index contributed by atoms with van der Waals surface area (Å²) in [4.78, 5) is 15.3. The fourth-order valence-electron chi connectivity index (χ4n) is 1.12. The summed E-state index contributed by atoms with van der Waals surface area (Å²) in [6.07, 6.45) is 0.933. The van der Waals surface area contributed by atoms with Crippen molar-refractivity contribution in [2.45, 2.75) is 25.9 Å². The highest BCUT2D eigenvalue weighted by atomic mass is 32.1. The van der Waals surface area contributed by atoms with Crippen molar-refractivity contribution in [1.82, 2.24) is 15.6 Å². The maximum absolute atomic E-state index is 11.2. The zero-order valence-electron chi connectivity index (χ0n) is 9.27. The Morgan fingerprint density at radius 3 is 2.94 bits per heavy atom. The van der Waals surface area contributed by atoms with E-state index in [0.717, 1.165) is 12.1 Å². The molecule has 0 fully saturated rings. The number of carbonyl (C=O) groups excluding carboxylic acids is 1. The molecule has 1 atom stereocenters. The average Bonchev–Trinajstić information content (AvgIpc) is 2.70. The zero-order valence-corrected chi connectivity index (χ0v) is 10.1. The third kappa shape index (κ3) is 5.67. The van der Waals surface area contributed by atoms with Crippen LogP contribution in [-0.4, -0.2) is 35.3 Å². The lowest BCUT2D eigenvalue weighted by atomic mass is 10.3. The lowest BCUT2D eigenvalue weighted by Gasteiger charge is -2.07. The summed E-state index contributed by atoms with van der Waals surface area (Å²) in [5.41, 5.74) is 2.77. The SMILES string of the molecule is CC(O)CCNC(=O)NCCc1cscn1. The summed E-state index contributed by atoms with van der Waals surface area (Å²) in [5.74, 6) is 0. The first-order valence-corrected chi connectivity index (χ1v) is 6.19. The smallest absolute Gasteiger partial charge is 0.314 e. The number of amides is 2. The van der Waals surface area contributed by atoms with Gasteiger partial charge in [0.15, 0.2) is 0 Å². The van der Waals surface area contributed by atoms with Crippen molar-refractivity contribution >= 4 is 17.4 Å². The molecule has 1 aromatic heterocycles. The zero-order chi connectivity index (χ0) is 11.8. The predicted octanol–water partition coefficient (Wildman–Crippen LogP) is 0.756. The lowest BCUT2D eigenvalue weighted by Crippen LogP contribution is -2.37. The van der Waals surface area contributed by atoms with Crippen LogP contribution in [0.5, 0.6) is 0 Å². The van der Waals surface area contributed by atoms with Gasteiger partial charge in [-0.15, -0.1) is 11.3 Å². The van der Waals surface area contributed by atoms with Gasteiger partial charge in [-0.2, -0.15) is 0 Å². The van der Waals surface area contributed by atoms with Gasteiger partial charge >= 0.3 is 6.03 Å². The van der Waals surface area contributed by atoms with Crippen LogP contribution >= 0.6 is 11.3 Å². The molecule has 2 amide bonds. The monoisotopic (exact) mass is 243 g/mol. The fourth-order valence-corrected chi connectivity index (χ4v) is 1.72. The number of aliphatic hydroxyl groups excluding tert-OH is 1. The van der Waals surface area contributed by atoms with Crippen molar-refractivity contribution in [3.8, 4) is 0 Å². The Bertz CT molecular complexity index is 301. The molecule has 0 aliphatic heterocycles. The molecule has 1 rings (SSSR count). The van der Waals surface area contributed by atoms with Crippen molar-refractivity contribution in [3.05, 3.63) is 16.6 Å². The number of nitrogens with zero attached hydrogens (tertiary/aromatic N) is 1. The summed E-state index contributed by atoms with van der Waals surface area (Å²) in [5, 5.41) is 16.3. The number of thiazole rings is 1. The number of nitrogens with one attached hydrogen (secondary N) is 2. The third-order valence-corrected chi connectivity index (χ3v) is 2.63. The Kier molecular flexibility index (Phi) is 5.81. The second kappa shape index (κ2) is 7.19. The average molecular weight is 243 g/mol. The number of carbonyl (C=O) groups is 1. The Hall–Kier alpha value is -1.14. The van der Waals surface area contributed by atoms with E-state index in [1.807, 2.05) is 5.38 Å². The first kappa shape index (κ1) is 12.9. The van der Waals surface area contributed by atoms with Crippen LogP contribution in [0.25, 0.3) is 0 Å². The van der Waals surface area contributed by atoms with Crippen LogP contribution in [0.15, 0.2) is 10.9 Å². The molecule has 3 N–H and O–H groups in total. The molecule has 0 aliphatic rings. The minimum Gasteiger partial charge on any atom is -0.393 e. The van der Waals surface area contributed by atoms with Gasteiger partial charge in [-0.25, -0.2) is 9.78 Å². The van der Waals surface area contributed by atoms with Gasteiger partial charge in [0, 0.05) is 24.9 Å². The van der Waals surface area contributed by atoms with Gasteiger partial charge in [-0.3, -0.25) is 0 Å². The summed E-state index contributed by atoms with van der Waals surface area (Å²) in [6.45, 7) is 2.76. The second-order valence-electron chi connectivity index (χ2n) is 3.55. The van der Waals surface area contributed by atoms with Crippen LogP contribution in [0.1, 0.15) is 19.0 Å². The number of aliphatic hydroxyl groups is 1. The number of urea groups is 1. The minimum atomic E-state index is -0.379. The van der Waals surface area contributed by atoms with E-state index in [0.29, 0.717) is 19.5 Å². The van der Waals surface area contributed by atoms with Crippen LogP contribution in [0, 0.1) is 0 Å². The van der Waals surface area contributed by atoms with Gasteiger partial charge in [-0.05, 0) is 13.3 Å². The minimum absolute atomic E-state index is 0.198. The Morgan fingerprint density at radius 1 is 1.56 bits per heavy atom. The van der Waals surface area contributed by atoms with Crippen LogP contribution in [0.2, 0.25) is 0 Å². The lowest BCUT2D eigenvalue weighted by molar-refractivity contribution is 0.183. The van der Waals surface area contributed by atoms with Crippen molar-refractivity contribution in [3.63, 3.8) is 0 Å². The molecule has 5 nitrogen and oxygen atoms in total. The Labute approximate surface area is 98.9 Å². The molecule has 16 heavy (non-hydrogen) atoms. The van der Waals surface area contributed by atoms with Crippen LogP contribution in [0.3, 0.4) is 0 Å². The first-order chi connectivity index (χ1) is 7.68. The predicted molar refractivity (Wildman–Crippen MR) is 63.5 cm³/mol. The summed E-state index contributed by atoms with van der Waals surface area (Å²) in [7, 11) is 0. The molecular formula is C10H17N3O2S. The third-order valence-electron chi connectivity index (χ3n) is 2.00. The van der Waals surface area contributed by atoms with Gasteiger partial charge < -0.3 is 15.7 Å². The number of aromatic nitrogens is 1. The molecule has 1 heterocycles. The van der Waals surface area contributed by atoms with E-state index in [2.05, 4.69) is 15.6 Å². The number of hydrogen-bond donors (Lipinski definition) is 3. The number of rotatable bonds is 6. The maximum Gasteiger partial charge on any atom is 0.314 e. The molecule has 90 valence electrons. The highest BCUT2D eigenvalue weighted by Gasteiger charge is 2.01. The highest BCUT2D eigenvalue weighted by molar-refractivity contribution is 7.07. The maximum atomic E-state index is 11.2. The van der Waals surface area contributed by atoms with Crippen molar-refractivity contribution < 1.29 is 9.90 Å². The molecule has 1 aromatic rings. The summed E-state index contributed by atoms with van der Waals surface area (Å²) < 4.78 is 0. The quantitative estimate of drug-likeness (QED) is 0.690. The van der Waals surface area contributed by atoms with Crippen molar-refractivity contribution in [2.24, 2.45) is 0 Å². The van der Waals surface area contributed by atoms with Crippen molar-refractivity contribution in [1.29, 1.82) is 0 Å². The first-order valence-electron chi connectivity index (χ1n) is 5.25. The molecule has 0 radical (unpaired) electrons. The van der Waals surface area contributed by atoms with E-state index in [1.165, 1.54) is 0 Å². The van der Waals surface area contributed by atoms with E-state index >= 15 is 0 Å². The normalized spacial score (nSPS) is 12.1. The molecule has 0 aromatic carbocycles. The second-order valence-corrected chi connectivity index (χ2v) is 4.27. The molecule has 6 heteroatoms. The Morgan fingerprint density at radius 2 is 2.31 bits per heavy atom. The molecule has 0 saturated carbocycles. The van der Waals surface area contributed by atoms with Crippen molar-refractivity contribution in [2.75, 3.05) is 13.1 Å². The van der Waals surface area contributed by atoms with Crippen LogP contribution in [0.4, 0.5) is 4.79 Å². The largest absolute Gasteiger partial charge is 0.393 e. The molecule has 1 unspecified atom stereocenters. The van der Waals surface area contributed by atoms with Gasteiger partial charge in [0.05, 0.1) is 17.3 Å². The van der Waals surface area contributed by atoms with E-state index < -0.39 is 0 Å². The van der Waals surface area contributed by atoms with Gasteiger partial charge in [0.25, 0.3) is 0 Å². The van der Waals surface area contributed by atoms with E-state index in [-0.39, 0.29) is 12.1 Å². The summed E-state index contributed by atoms with van der Waals surface area (Å²) >= 11 is 1.55. The number of hydrogen-bond acceptors (Lipinski definition) is 4. The molecule has 0 bridgehead atoms. The highest BCUT2D eigenvalue weighted by Crippen LogP contribution is 2.00. The van der Waals surface area contributed by atoms with E-state index in [1.54, 1.807) is 23.8 Å². The molecule has 0 saturated heterocycles. The Balaban J connectivity index is 2.02. The summed E-state index contributed by atoms with van der Waals surface area (Å²) in [6, 6.07) is -0.198. The van der Waals surface area contributed by atoms with Crippen LogP contribution in [-0.2, 0) is 6.42 Å².